The van der Waals surface area contributed by atoms with Crippen molar-refractivity contribution >= 4 is 17.9 Å². The Bertz CT molecular complexity index is 1870. The van der Waals surface area contributed by atoms with E-state index in [9.17, 15) is 19.5 Å². The maximum atomic E-state index is 13.0. The molecule has 0 aromatic rings. The van der Waals surface area contributed by atoms with Gasteiger partial charge < -0.3 is 28.5 Å². The molecule has 0 bridgehead atoms. The molecule has 0 radical (unpaired) electrons. The van der Waals surface area contributed by atoms with Crippen molar-refractivity contribution < 1.29 is 42.9 Å². The molecule has 0 fully saturated rings. The summed E-state index contributed by atoms with van der Waals surface area (Å²) in [5, 5.41) is 9.80. The molecule has 0 amide bonds. The Morgan fingerprint density at radius 3 is 0.771 bits per heavy atom. The summed E-state index contributed by atoms with van der Waals surface area (Å²) in [6.45, 7) is 4.95. The summed E-state index contributed by atoms with van der Waals surface area (Å²) in [4.78, 5) is 37.8. The molecular formula is C96H182NO8+. The van der Waals surface area contributed by atoms with Crippen LogP contribution in [0.5, 0.6) is 0 Å². The Labute approximate surface area is 654 Å². The van der Waals surface area contributed by atoms with Crippen LogP contribution < -0.4 is 0 Å². The zero-order valence-corrected chi connectivity index (χ0v) is 71.2. The third-order valence-corrected chi connectivity index (χ3v) is 21.6. The van der Waals surface area contributed by atoms with Crippen LogP contribution in [0.25, 0.3) is 0 Å². The Morgan fingerprint density at radius 2 is 0.514 bits per heavy atom. The van der Waals surface area contributed by atoms with Crippen molar-refractivity contribution in [2.75, 3.05) is 47.5 Å². The number of aliphatic carboxylic acids is 1. The molecule has 0 heterocycles. The molecule has 618 valence electrons. The fourth-order valence-electron chi connectivity index (χ4n) is 14.4. The minimum Gasteiger partial charge on any atom is -0.477 e. The van der Waals surface area contributed by atoms with Crippen LogP contribution in [0.15, 0.2) is 48.6 Å². The van der Waals surface area contributed by atoms with Gasteiger partial charge in [-0.25, -0.2) is 4.79 Å². The van der Waals surface area contributed by atoms with Gasteiger partial charge in [0.25, 0.3) is 6.29 Å². The number of nitrogens with zero attached hydrogens (tertiary/aromatic N) is 1. The first-order chi connectivity index (χ1) is 51.6. The largest absolute Gasteiger partial charge is 0.477 e. The number of carbonyl (C=O) groups excluding carboxylic acids is 2. The zero-order valence-electron chi connectivity index (χ0n) is 71.2. The van der Waals surface area contributed by atoms with Crippen LogP contribution in [0.1, 0.15) is 489 Å². The van der Waals surface area contributed by atoms with E-state index in [1.165, 1.54) is 411 Å². The third-order valence-electron chi connectivity index (χ3n) is 21.6. The van der Waals surface area contributed by atoms with Crippen molar-refractivity contribution in [3.05, 3.63) is 48.6 Å². The quantitative estimate of drug-likeness (QED) is 0.0211. The highest BCUT2D eigenvalue weighted by Crippen LogP contribution is 2.21. The van der Waals surface area contributed by atoms with Crippen molar-refractivity contribution in [2.24, 2.45) is 0 Å². The number of hydrogen-bond acceptors (Lipinski definition) is 7. The van der Waals surface area contributed by atoms with E-state index in [0.717, 1.165) is 51.4 Å². The third kappa shape index (κ3) is 88.3. The van der Waals surface area contributed by atoms with Crippen LogP contribution >= 0.6 is 0 Å². The molecule has 9 heteroatoms. The number of allylic oxidation sites excluding steroid dienone is 8. The fraction of sp³-hybridized carbons (Fsp3) is 0.885. The molecule has 0 aliphatic carbocycles. The number of unbranched alkanes of at least 4 members (excludes halogenated alkanes) is 66. The zero-order chi connectivity index (χ0) is 76.0. The molecule has 0 spiro atoms. The summed E-state index contributed by atoms with van der Waals surface area (Å²) in [6.07, 6.45) is 113. The van der Waals surface area contributed by atoms with Gasteiger partial charge in [0.2, 0.25) is 0 Å². The van der Waals surface area contributed by atoms with Crippen molar-refractivity contribution in [1.29, 1.82) is 0 Å². The van der Waals surface area contributed by atoms with Crippen molar-refractivity contribution in [3.8, 4) is 0 Å². The Morgan fingerprint density at radius 1 is 0.286 bits per heavy atom. The van der Waals surface area contributed by atoms with E-state index in [-0.39, 0.29) is 38.2 Å². The van der Waals surface area contributed by atoms with Crippen molar-refractivity contribution in [3.63, 3.8) is 0 Å². The molecule has 0 saturated heterocycles. The van der Waals surface area contributed by atoms with Crippen LogP contribution in [0.3, 0.4) is 0 Å². The molecule has 9 nitrogen and oxygen atoms in total. The molecule has 0 rings (SSSR count). The van der Waals surface area contributed by atoms with E-state index < -0.39 is 18.4 Å². The number of carboxylic acids is 1. The van der Waals surface area contributed by atoms with Gasteiger partial charge in [-0.05, 0) is 77.0 Å². The lowest BCUT2D eigenvalue weighted by molar-refractivity contribution is -0.870. The second kappa shape index (κ2) is 86.8. The lowest BCUT2D eigenvalue weighted by Crippen LogP contribution is -2.40. The number of ether oxygens (including phenoxy) is 4. The summed E-state index contributed by atoms with van der Waals surface area (Å²) in [5.41, 5.74) is 0. The monoisotopic (exact) mass is 1480 g/mol. The average molecular weight is 1480 g/mol. The minimum atomic E-state index is -1.51. The lowest BCUT2D eigenvalue weighted by atomic mass is 10.0. The van der Waals surface area contributed by atoms with Gasteiger partial charge in [-0.15, -0.1) is 0 Å². The first kappa shape index (κ1) is 102. The summed E-state index contributed by atoms with van der Waals surface area (Å²) in [6, 6.07) is 0. The smallest absolute Gasteiger partial charge is 0.361 e. The van der Waals surface area contributed by atoms with Gasteiger partial charge in [0, 0.05) is 12.8 Å². The van der Waals surface area contributed by atoms with Crippen LogP contribution in [0.4, 0.5) is 0 Å². The number of esters is 2. The molecular weight excluding hydrogens is 1300 g/mol. The molecule has 0 aliphatic rings. The fourth-order valence-corrected chi connectivity index (χ4v) is 14.4. The molecule has 0 aromatic carbocycles. The van der Waals surface area contributed by atoms with E-state index in [2.05, 4.69) is 62.5 Å². The van der Waals surface area contributed by atoms with Crippen molar-refractivity contribution in [1.82, 2.24) is 0 Å². The van der Waals surface area contributed by atoms with Gasteiger partial charge in [0.1, 0.15) is 13.2 Å². The highest BCUT2D eigenvalue weighted by Gasteiger charge is 2.25. The lowest BCUT2D eigenvalue weighted by Gasteiger charge is -2.25. The Hall–Kier alpha value is -2.75. The van der Waals surface area contributed by atoms with E-state index in [0.29, 0.717) is 17.4 Å². The standard InChI is InChI=1S/C96H181NO8/c1-6-8-10-12-14-16-18-20-22-24-26-28-30-32-34-36-38-40-42-44-46-47-49-50-52-54-56-58-60-62-64-66-68-70-72-74-76-78-80-82-84-86-93(98)103-90-92(91-104-96(95(100)101)102-89-88-97(3,4)5)105-94(99)87-85-83-81-79-77-75-73-71-69-67-65-63-61-59-57-55-53-51-48-45-43-41-39-37-35-33-31-29-27-25-23-21-19-17-15-13-11-9-7-2/h19,21,24-27,31,33,92,96H,6-18,20,22-23,28-30,32,34-91H2,1-5H3/p+1/b21-19-,26-24-,27-25-,33-31-. The molecule has 2 unspecified atom stereocenters. The molecule has 0 saturated carbocycles. The number of quaternary nitrogens is 1. The molecule has 2 atom stereocenters. The number of hydrogen-bond donors (Lipinski definition) is 1. The summed E-state index contributed by atoms with van der Waals surface area (Å²) in [7, 11) is 6.01. The summed E-state index contributed by atoms with van der Waals surface area (Å²) in [5.74, 6) is -1.97. The average Bonchev–Trinajstić information content (AvgIpc) is 1.97. The summed E-state index contributed by atoms with van der Waals surface area (Å²) < 4.78 is 23.1. The van der Waals surface area contributed by atoms with Gasteiger partial charge in [-0.1, -0.05) is 448 Å². The highest BCUT2D eigenvalue weighted by atomic mass is 16.7. The number of carbonyl (C=O) groups is 3. The second-order valence-electron chi connectivity index (χ2n) is 33.3. The predicted molar refractivity (Wildman–Crippen MR) is 457 cm³/mol. The second-order valence-corrected chi connectivity index (χ2v) is 33.3. The number of likely N-dealkylation sites (N-methyl/N-ethyl adjacent to an activating group) is 1. The topological polar surface area (TPSA) is 108 Å². The normalized spacial score (nSPS) is 12.7. The minimum absolute atomic E-state index is 0.175. The maximum Gasteiger partial charge on any atom is 0.361 e. The van der Waals surface area contributed by atoms with Gasteiger partial charge in [0.05, 0.1) is 34.4 Å². The molecule has 0 aliphatic heterocycles. The number of carboxylic acid groups (broad SMARTS) is 1. The molecule has 1 N–H and O–H groups in total. The Balaban J connectivity index is 3.87. The van der Waals surface area contributed by atoms with Crippen LogP contribution in [-0.2, 0) is 33.3 Å². The van der Waals surface area contributed by atoms with Gasteiger partial charge in [0.15, 0.2) is 6.10 Å². The van der Waals surface area contributed by atoms with E-state index in [4.69, 9.17) is 18.9 Å². The van der Waals surface area contributed by atoms with E-state index >= 15 is 0 Å². The van der Waals surface area contributed by atoms with Gasteiger partial charge in [-0.3, -0.25) is 9.59 Å². The van der Waals surface area contributed by atoms with Crippen LogP contribution in [0, 0.1) is 0 Å². The highest BCUT2D eigenvalue weighted by molar-refractivity contribution is 5.71. The SMILES string of the molecule is CCCCCCC/C=C\C/C=C\C/C=C\CCCCCCCCCCCCCCCCCCCCCCCCCCC(=O)OC(COC(=O)CCCCCCCCCCCCCCCCCCCCCCCCCCCCCCC/C=C\CCCCCCCCCC)COC(OCC[N+](C)(C)C)C(=O)O. The van der Waals surface area contributed by atoms with Crippen LogP contribution in [-0.4, -0.2) is 87.4 Å². The first-order valence-corrected chi connectivity index (χ1v) is 46.8. The predicted octanol–water partition coefficient (Wildman–Crippen LogP) is 30.7. The Kier molecular flexibility index (Phi) is 84.6. The first-order valence-electron chi connectivity index (χ1n) is 46.8. The molecule has 0 aromatic heterocycles. The summed E-state index contributed by atoms with van der Waals surface area (Å²) >= 11 is 0. The van der Waals surface area contributed by atoms with Gasteiger partial charge in [-0.2, -0.15) is 0 Å². The van der Waals surface area contributed by atoms with Crippen LogP contribution in [0.2, 0.25) is 0 Å². The maximum absolute atomic E-state index is 13.0. The molecule has 105 heavy (non-hydrogen) atoms. The number of rotatable bonds is 89. The van der Waals surface area contributed by atoms with Gasteiger partial charge >= 0.3 is 17.9 Å². The van der Waals surface area contributed by atoms with Crippen molar-refractivity contribution in [2.45, 2.75) is 501 Å². The van der Waals surface area contributed by atoms with E-state index in [1.807, 2.05) is 21.1 Å². The van der Waals surface area contributed by atoms with E-state index in [1.54, 1.807) is 0 Å².